The monoisotopic (exact) mass is 364 g/mol. The number of nitriles is 1. The van der Waals surface area contributed by atoms with Gasteiger partial charge in [-0.15, -0.1) is 13.2 Å². The highest BCUT2D eigenvalue weighted by atomic mass is 79.9. The first kappa shape index (κ1) is 16.8. The van der Waals surface area contributed by atoms with Gasteiger partial charge in [0.25, 0.3) is 5.91 Å². The third-order valence-corrected chi connectivity index (χ3v) is 2.60. The smallest absolute Gasteiger partial charge is 0.511 e. The fourth-order valence-corrected chi connectivity index (χ4v) is 1.71. The molecule has 2 N–H and O–H groups in total. The number of amides is 1. The number of hydrogen-bond acceptors (Lipinski definition) is 4. The van der Waals surface area contributed by atoms with Crippen LogP contribution in [-0.2, 0) is 4.79 Å². The maximum Gasteiger partial charge on any atom is 0.573 e. The molecule has 0 spiro atoms. The van der Waals surface area contributed by atoms with Crippen molar-refractivity contribution in [1.82, 2.24) is 0 Å². The fourth-order valence-electron chi connectivity index (χ4n) is 1.25. The zero-order valence-electron chi connectivity index (χ0n) is 10.2. The number of carbonyl (C=O) groups is 1. The summed E-state index contributed by atoms with van der Waals surface area (Å²) >= 11 is 2.88. The molecule has 1 amide bonds. The molecule has 0 aliphatic rings. The first-order valence-electron chi connectivity index (χ1n) is 5.34. The number of aliphatic hydroxyl groups is 1. The van der Waals surface area contributed by atoms with E-state index in [4.69, 9.17) is 10.4 Å². The van der Waals surface area contributed by atoms with Gasteiger partial charge in [-0.1, -0.05) is 0 Å². The van der Waals surface area contributed by atoms with Crippen LogP contribution in [-0.4, -0.2) is 17.4 Å². The number of carbonyl (C=O) groups excluding carboxylic acids is 1. The maximum absolute atomic E-state index is 12.1. The van der Waals surface area contributed by atoms with Crippen molar-refractivity contribution >= 4 is 27.5 Å². The van der Waals surface area contributed by atoms with Gasteiger partial charge < -0.3 is 15.2 Å². The minimum absolute atomic E-state index is 0.0112. The number of nitrogens with zero attached hydrogens (tertiary/aromatic N) is 1. The van der Waals surface area contributed by atoms with Crippen LogP contribution in [0.2, 0.25) is 0 Å². The van der Waals surface area contributed by atoms with Crippen LogP contribution < -0.4 is 10.1 Å². The zero-order chi connectivity index (χ0) is 16.0. The Bertz CT molecular complexity index is 609. The van der Waals surface area contributed by atoms with Crippen molar-refractivity contribution in [3.05, 3.63) is 34.5 Å². The molecular weight excluding hydrogens is 357 g/mol. The van der Waals surface area contributed by atoms with Crippen LogP contribution >= 0.6 is 15.9 Å². The van der Waals surface area contributed by atoms with Gasteiger partial charge in [-0.3, -0.25) is 4.79 Å². The van der Waals surface area contributed by atoms with Crippen molar-refractivity contribution in [3.63, 3.8) is 0 Å². The molecule has 0 saturated heterocycles. The molecule has 0 fully saturated rings. The van der Waals surface area contributed by atoms with Gasteiger partial charge in [-0.2, -0.15) is 5.26 Å². The van der Waals surface area contributed by atoms with Gasteiger partial charge in [0.1, 0.15) is 11.5 Å². The van der Waals surface area contributed by atoms with Crippen molar-refractivity contribution < 1.29 is 27.8 Å². The van der Waals surface area contributed by atoms with Crippen LogP contribution in [0, 0.1) is 11.3 Å². The second-order valence-corrected chi connectivity index (χ2v) is 4.51. The Hall–Kier alpha value is -2.21. The van der Waals surface area contributed by atoms with Crippen molar-refractivity contribution in [3.8, 4) is 11.8 Å². The molecule has 1 aromatic rings. The largest absolute Gasteiger partial charge is 0.573 e. The Morgan fingerprint density at radius 2 is 2.19 bits per heavy atom. The van der Waals surface area contributed by atoms with Gasteiger partial charge in [0, 0.05) is 11.8 Å². The summed E-state index contributed by atoms with van der Waals surface area (Å²) in [5.74, 6) is -1.60. The average Bonchev–Trinajstić information content (AvgIpc) is 2.31. The summed E-state index contributed by atoms with van der Waals surface area (Å²) in [6.07, 6.45) is -4.34. The van der Waals surface area contributed by atoms with E-state index in [0.717, 1.165) is 12.1 Å². The Labute approximate surface area is 125 Å². The van der Waals surface area contributed by atoms with E-state index in [1.165, 1.54) is 12.1 Å². The number of anilines is 1. The lowest BCUT2D eigenvalue weighted by Gasteiger charge is -2.11. The SMILES string of the molecule is N#CC/C(O)=C/C(=O)Nc1ccc(OC(F)(F)F)c(Br)c1. The van der Waals surface area contributed by atoms with E-state index in [-0.39, 0.29) is 16.6 Å². The third kappa shape index (κ3) is 6.18. The van der Waals surface area contributed by atoms with Crippen LogP contribution in [0.25, 0.3) is 0 Å². The maximum atomic E-state index is 12.1. The number of halogens is 4. The summed E-state index contributed by atoms with van der Waals surface area (Å²) in [5.41, 5.74) is 0.183. The van der Waals surface area contributed by atoms with Crippen molar-refractivity contribution in [2.45, 2.75) is 12.8 Å². The number of benzene rings is 1. The van der Waals surface area contributed by atoms with Gasteiger partial charge in [0.05, 0.1) is 17.0 Å². The molecule has 0 atom stereocenters. The van der Waals surface area contributed by atoms with E-state index in [2.05, 4.69) is 26.0 Å². The van der Waals surface area contributed by atoms with Crippen LogP contribution in [0.3, 0.4) is 0 Å². The molecule has 0 heterocycles. The number of ether oxygens (including phenoxy) is 1. The molecule has 0 aliphatic heterocycles. The normalized spacial score (nSPS) is 11.7. The number of nitrogens with one attached hydrogen (secondary N) is 1. The molecule has 0 saturated carbocycles. The standard InChI is InChI=1S/C12H8BrF3N2O3/c13-9-5-7(1-2-10(9)21-12(14,15)16)18-11(20)6-8(19)3-4-17/h1-2,5-6,19H,3H2,(H,18,20)/b8-6-. The topological polar surface area (TPSA) is 82.3 Å². The summed E-state index contributed by atoms with van der Waals surface area (Å²) in [7, 11) is 0. The van der Waals surface area contributed by atoms with Crippen LogP contribution in [0.15, 0.2) is 34.5 Å². The van der Waals surface area contributed by atoms with Crippen molar-refractivity contribution in [2.75, 3.05) is 5.32 Å². The molecule has 5 nitrogen and oxygen atoms in total. The van der Waals surface area contributed by atoms with Crippen molar-refractivity contribution in [1.29, 1.82) is 5.26 Å². The predicted molar refractivity (Wildman–Crippen MR) is 70.4 cm³/mol. The Morgan fingerprint density at radius 3 is 2.71 bits per heavy atom. The zero-order valence-corrected chi connectivity index (χ0v) is 11.8. The summed E-state index contributed by atoms with van der Waals surface area (Å²) in [6.45, 7) is 0. The lowest BCUT2D eigenvalue weighted by Crippen LogP contribution is -2.17. The number of rotatable bonds is 4. The summed E-state index contributed by atoms with van der Waals surface area (Å²) in [5, 5.41) is 19.8. The van der Waals surface area contributed by atoms with Crippen LogP contribution in [0.4, 0.5) is 18.9 Å². The minimum atomic E-state index is -4.82. The Morgan fingerprint density at radius 1 is 1.52 bits per heavy atom. The molecule has 0 bridgehead atoms. The van der Waals surface area contributed by atoms with E-state index >= 15 is 0 Å². The summed E-state index contributed by atoms with van der Waals surface area (Å²) in [4.78, 5) is 11.4. The molecule has 21 heavy (non-hydrogen) atoms. The molecule has 1 aromatic carbocycles. The average molecular weight is 365 g/mol. The highest BCUT2D eigenvalue weighted by molar-refractivity contribution is 9.10. The Kier molecular flexibility index (Phi) is 5.60. The van der Waals surface area contributed by atoms with Crippen LogP contribution in [0.1, 0.15) is 6.42 Å². The second-order valence-electron chi connectivity index (χ2n) is 3.65. The van der Waals surface area contributed by atoms with Gasteiger partial charge in [0.2, 0.25) is 0 Å². The van der Waals surface area contributed by atoms with Gasteiger partial charge >= 0.3 is 6.36 Å². The highest BCUT2D eigenvalue weighted by Crippen LogP contribution is 2.32. The molecule has 112 valence electrons. The number of alkyl halides is 3. The molecular formula is C12H8BrF3N2O3. The molecule has 0 aliphatic carbocycles. The van der Waals surface area contributed by atoms with E-state index in [1.807, 2.05) is 0 Å². The first-order valence-corrected chi connectivity index (χ1v) is 6.13. The lowest BCUT2D eigenvalue weighted by molar-refractivity contribution is -0.274. The van der Waals surface area contributed by atoms with E-state index in [9.17, 15) is 18.0 Å². The summed E-state index contributed by atoms with van der Waals surface area (Å²) < 4.78 is 40.0. The molecule has 1 rings (SSSR count). The van der Waals surface area contributed by atoms with Crippen LogP contribution in [0.5, 0.6) is 5.75 Å². The van der Waals surface area contributed by atoms with Crippen molar-refractivity contribution in [2.24, 2.45) is 0 Å². The fraction of sp³-hybridized carbons (Fsp3) is 0.167. The molecule has 0 radical (unpaired) electrons. The summed E-state index contributed by atoms with van der Waals surface area (Å²) in [6, 6.07) is 5.06. The molecule has 9 heteroatoms. The third-order valence-electron chi connectivity index (χ3n) is 1.98. The van der Waals surface area contributed by atoms with Gasteiger partial charge in [0.15, 0.2) is 0 Å². The van der Waals surface area contributed by atoms with Gasteiger partial charge in [-0.05, 0) is 34.1 Å². The second kappa shape index (κ2) is 6.99. The van der Waals surface area contributed by atoms with E-state index < -0.39 is 23.8 Å². The molecule has 0 unspecified atom stereocenters. The predicted octanol–water partition coefficient (Wildman–Crippen LogP) is 3.64. The Balaban J connectivity index is 2.79. The first-order chi connectivity index (χ1) is 9.71. The number of allylic oxidation sites excluding steroid dienone is 1. The number of hydrogen-bond donors (Lipinski definition) is 2. The van der Waals surface area contributed by atoms with E-state index in [0.29, 0.717) is 0 Å². The van der Waals surface area contributed by atoms with E-state index in [1.54, 1.807) is 6.07 Å². The quantitative estimate of drug-likeness (QED) is 0.631. The molecule has 0 aromatic heterocycles. The lowest BCUT2D eigenvalue weighted by atomic mass is 10.3. The van der Waals surface area contributed by atoms with Gasteiger partial charge in [-0.25, -0.2) is 0 Å². The number of aliphatic hydroxyl groups excluding tert-OH is 1. The minimum Gasteiger partial charge on any atom is -0.511 e. The highest BCUT2D eigenvalue weighted by Gasteiger charge is 2.31.